The highest BCUT2D eigenvalue weighted by molar-refractivity contribution is 9.10. The maximum absolute atomic E-state index is 13.9. The van der Waals surface area contributed by atoms with Crippen LogP contribution in [0.4, 0.5) is 0 Å². The first-order chi connectivity index (χ1) is 18.4. The van der Waals surface area contributed by atoms with Crippen molar-refractivity contribution in [1.29, 1.82) is 0 Å². The average molecular weight is 587 g/mol. The summed E-state index contributed by atoms with van der Waals surface area (Å²) in [6.07, 6.45) is 8.56. The number of carbonyl (C=O) groups is 1. The molecule has 1 unspecified atom stereocenters. The molecule has 1 heterocycles. The number of rotatable bonds is 14. The molecule has 0 aliphatic carbocycles. The number of amides is 1. The van der Waals surface area contributed by atoms with E-state index >= 15 is 0 Å². The second kappa shape index (κ2) is 14.3. The number of ether oxygens (including phenoxy) is 2. The first-order valence-corrected chi connectivity index (χ1v) is 14.4. The number of hydrogen-bond acceptors (Lipinski definition) is 5. The molecule has 7 nitrogen and oxygen atoms in total. The van der Waals surface area contributed by atoms with Crippen molar-refractivity contribution in [2.24, 2.45) is 0 Å². The molecule has 0 radical (unpaired) electrons. The highest BCUT2D eigenvalue weighted by Gasteiger charge is 2.27. The Morgan fingerprint density at radius 2 is 1.71 bits per heavy atom. The monoisotopic (exact) mass is 585 g/mol. The number of aromatic nitrogens is 2. The Morgan fingerprint density at radius 1 is 1.03 bits per heavy atom. The summed E-state index contributed by atoms with van der Waals surface area (Å²) >= 11 is 3.62. The van der Waals surface area contributed by atoms with Crippen LogP contribution in [-0.2, 0) is 4.79 Å². The standard InChI is InChI=1S/C30H40BrN3O4/c1-6-8-9-10-11-12-13-18-27(35)33(7-2)21(3)29-32-24-17-15-14-16-23(24)30(36)34(29)25-19-22(37-4)20-26(38-5)28(25)31/h14-17,19-21H,6-13,18H2,1-5H3. The Hall–Kier alpha value is -2.87. The van der Waals surface area contributed by atoms with E-state index < -0.39 is 6.04 Å². The fraction of sp³-hybridized carbons (Fsp3) is 0.500. The molecule has 0 aliphatic rings. The van der Waals surface area contributed by atoms with Crippen molar-refractivity contribution in [3.63, 3.8) is 0 Å². The number of carbonyl (C=O) groups excluding carboxylic acids is 1. The third-order valence-electron chi connectivity index (χ3n) is 6.99. The van der Waals surface area contributed by atoms with Crippen LogP contribution in [0.5, 0.6) is 11.5 Å². The molecule has 38 heavy (non-hydrogen) atoms. The lowest BCUT2D eigenvalue weighted by Crippen LogP contribution is -2.37. The van der Waals surface area contributed by atoms with E-state index in [-0.39, 0.29) is 11.5 Å². The highest BCUT2D eigenvalue weighted by atomic mass is 79.9. The molecule has 1 amide bonds. The lowest BCUT2D eigenvalue weighted by molar-refractivity contribution is -0.133. The molecule has 0 N–H and O–H groups in total. The van der Waals surface area contributed by atoms with E-state index in [0.29, 0.717) is 51.4 Å². The Bertz CT molecular complexity index is 1290. The van der Waals surface area contributed by atoms with Crippen molar-refractivity contribution >= 4 is 32.7 Å². The number of benzene rings is 2. The summed E-state index contributed by atoms with van der Waals surface area (Å²) in [5.74, 6) is 1.63. The first kappa shape index (κ1) is 29.7. The van der Waals surface area contributed by atoms with Crippen LogP contribution < -0.4 is 15.0 Å². The predicted octanol–water partition coefficient (Wildman–Crippen LogP) is 7.22. The van der Waals surface area contributed by atoms with Gasteiger partial charge in [-0.15, -0.1) is 0 Å². The maximum Gasteiger partial charge on any atom is 0.266 e. The average Bonchev–Trinajstić information content (AvgIpc) is 2.93. The summed E-state index contributed by atoms with van der Waals surface area (Å²) in [5.41, 5.74) is 0.920. The molecule has 1 atom stereocenters. The lowest BCUT2D eigenvalue weighted by atomic mass is 10.1. The Balaban J connectivity index is 2.01. The zero-order chi connectivity index (χ0) is 27.7. The van der Waals surface area contributed by atoms with Gasteiger partial charge in [-0.25, -0.2) is 4.98 Å². The molecule has 0 saturated heterocycles. The number of unbranched alkanes of at least 4 members (excludes halogenated alkanes) is 6. The third-order valence-corrected chi connectivity index (χ3v) is 7.79. The molecule has 1 aromatic heterocycles. The largest absolute Gasteiger partial charge is 0.497 e. The predicted molar refractivity (Wildman–Crippen MR) is 157 cm³/mol. The Morgan fingerprint density at radius 3 is 2.37 bits per heavy atom. The minimum absolute atomic E-state index is 0.0739. The van der Waals surface area contributed by atoms with E-state index in [0.717, 1.165) is 19.3 Å². The molecular weight excluding hydrogens is 546 g/mol. The van der Waals surface area contributed by atoms with Gasteiger partial charge in [-0.05, 0) is 48.3 Å². The van der Waals surface area contributed by atoms with Gasteiger partial charge < -0.3 is 14.4 Å². The normalized spacial score (nSPS) is 11.9. The summed E-state index contributed by atoms with van der Waals surface area (Å²) in [7, 11) is 3.13. The summed E-state index contributed by atoms with van der Waals surface area (Å²) in [5, 5.41) is 0.495. The molecule has 0 saturated carbocycles. The van der Waals surface area contributed by atoms with E-state index in [1.54, 1.807) is 37.0 Å². The summed E-state index contributed by atoms with van der Waals surface area (Å²) in [6, 6.07) is 10.4. The van der Waals surface area contributed by atoms with Crippen LogP contribution in [-0.4, -0.2) is 41.1 Å². The first-order valence-electron chi connectivity index (χ1n) is 13.6. The molecule has 206 valence electrons. The maximum atomic E-state index is 13.9. The lowest BCUT2D eigenvalue weighted by Gasteiger charge is -2.30. The molecule has 0 aliphatic heterocycles. The number of methoxy groups -OCH3 is 2. The van der Waals surface area contributed by atoms with Gasteiger partial charge in [-0.3, -0.25) is 14.2 Å². The van der Waals surface area contributed by atoms with Crippen LogP contribution in [0.25, 0.3) is 16.6 Å². The SMILES string of the molecule is CCCCCCCCCC(=O)N(CC)C(C)c1nc2ccccc2c(=O)n1-c1cc(OC)cc(OC)c1Br. The van der Waals surface area contributed by atoms with Gasteiger partial charge in [0, 0.05) is 25.1 Å². The van der Waals surface area contributed by atoms with E-state index in [2.05, 4.69) is 22.9 Å². The zero-order valence-electron chi connectivity index (χ0n) is 23.3. The van der Waals surface area contributed by atoms with Gasteiger partial charge in [0.2, 0.25) is 5.91 Å². The molecule has 0 bridgehead atoms. The fourth-order valence-electron chi connectivity index (χ4n) is 4.83. The van der Waals surface area contributed by atoms with Crippen molar-refractivity contribution in [2.75, 3.05) is 20.8 Å². The van der Waals surface area contributed by atoms with E-state index in [1.165, 1.54) is 25.7 Å². The van der Waals surface area contributed by atoms with Gasteiger partial charge in [0.05, 0.1) is 41.3 Å². The van der Waals surface area contributed by atoms with Crippen LogP contribution >= 0.6 is 15.9 Å². The van der Waals surface area contributed by atoms with Crippen molar-refractivity contribution in [3.8, 4) is 17.2 Å². The van der Waals surface area contributed by atoms with Crippen molar-refractivity contribution in [2.45, 2.75) is 78.2 Å². The van der Waals surface area contributed by atoms with Gasteiger partial charge in [-0.2, -0.15) is 0 Å². The summed E-state index contributed by atoms with van der Waals surface area (Å²) in [4.78, 5) is 34.0. The highest BCUT2D eigenvalue weighted by Crippen LogP contribution is 2.37. The second-order valence-electron chi connectivity index (χ2n) is 9.52. The van der Waals surface area contributed by atoms with Gasteiger partial charge in [0.1, 0.15) is 17.3 Å². The van der Waals surface area contributed by atoms with Gasteiger partial charge in [0.25, 0.3) is 5.56 Å². The number of nitrogens with zero attached hydrogens (tertiary/aromatic N) is 3. The Labute approximate surface area is 234 Å². The fourth-order valence-corrected chi connectivity index (χ4v) is 5.40. The molecule has 3 aromatic rings. The molecule has 0 spiro atoms. The van der Waals surface area contributed by atoms with E-state index in [1.807, 2.05) is 36.9 Å². The minimum atomic E-state index is -0.432. The topological polar surface area (TPSA) is 73.7 Å². The molecule has 8 heteroatoms. The zero-order valence-corrected chi connectivity index (χ0v) is 24.8. The van der Waals surface area contributed by atoms with Crippen molar-refractivity contribution in [1.82, 2.24) is 14.5 Å². The van der Waals surface area contributed by atoms with Crippen LogP contribution in [0, 0.1) is 0 Å². The molecular formula is C30H40BrN3O4. The number of hydrogen-bond donors (Lipinski definition) is 0. The van der Waals surface area contributed by atoms with Gasteiger partial charge in [0.15, 0.2) is 0 Å². The third kappa shape index (κ3) is 6.76. The molecule has 3 rings (SSSR count). The van der Waals surface area contributed by atoms with Gasteiger partial charge >= 0.3 is 0 Å². The Kier molecular flexibility index (Phi) is 11.2. The smallest absolute Gasteiger partial charge is 0.266 e. The summed E-state index contributed by atoms with van der Waals surface area (Å²) in [6.45, 7) is 6.63. The van der Waals surface area contributed by atoms with Crippen LogP contribution in [0.2, 0.25) is 0 Å². The quantitative estimate of drug-likeness (QED) is 0.187. The minimum Gasteiger partial charge on any atom is -0.497 e. The van der Waals surface area contributed by atoms with Crippen LogP contribution in [0.3, 0.4) is 0 Å². The van der Waals surface area contributed by atoms with Crippen LogP contribution in [0.15, 0.2) is 45.7 Å². The number of para-hydroxylation sites is 1. The van der Waals surface area contributed by atoms with E-state index in [4.69, 9.17) is 14.5 Å². The number of fused-ring (bicyclic) bond motifs is 1. The van der Waals surface area contributed by atoms with Crippen molar-refractivity contribution < 1.29 is 14.3 Å². The van der Waals surface area contributed by atoms with Crippen molar-refractivity contribution in [3.05, 3.63) is 57.0 Å². The number of halogens is 1. The molecule has 0 fully saturated rings. The summed E-state index contributed by atoms with van der Waals surface area (Å²) < 4.78 is 13.2. The second-order valence-corrected chi connectivity index (χ2v) is 10.3. The molecule has 2 aromatic carbocycles. The van der Waals surface area contributed by atoms with E-state index in [9.17, 15) is 9.59 Å². The van der Waals surface area contributed by atoms with Crippen LogP contribution in [0.1, 0.15) is 84.0 Å². The van der Waals surface area contributed by atoms with Gasteiger partial charge in [-0.1, -0.05) is 57.6 Å².